The van der Waals surface area contributed by atoms with Gasteiger partial charge in [-0.05, 0) is 17.7 Å². The summed E-state index contributed by atoms with van der Waals surface area (Å²) < 4.78 is 33.3. The maximum absolute atomic E-state index is 10.3. The van der Waals surface area contributed by atoms with Gasteiger partial charge in [0.05, 0.1) is 6.61 Å². The van der Waals surface area contributed by atoms with Gasteiger partial charge in [0.1, 0.15) is 5.75 Å². The van der Waals surface area contributed by atoms with Gasteiger partial charge >= 0.3 is 10.4 Å². The van der Waals surface area contributed by atoms with Crippen molar-refractivity contribution in [1.82, 2.24) is 0 Å². The molecule has 0 aliphatic rings. The second kappa shape index (κ2) is 4.92. The van der Waals surface area contributed by atoms with Crippen molar-refractivity contribution in [2.75, 3.05) is 6.61 Å². The van der Waals surface area contributed by atoms with Crippen LogP contribution in [0.5, 0.6) is 5.75 Å². The first-order chi connectivity index (χ1) is 7.01. The van der Waals surface area contributed by atoms with Crippen molar-refractivity contribution in [2.24, 2.45) is 0 Å². The molecule has 0 aliphatic carbocycles. The van der Waals surface area contributed by atoms with Crippen molar-refractivity contribution in [3.05, 3.63) is 35.9 Å². The number of benzene rings is 1. The molecular weight excluding hydrogens is 220 g/mol. The number of aliphatic hydroxyl groups excluding tert-OH is 1. The molecule has 0 atom stereocenters. The van der Waals surface area contributed by atoms with Crippen molar-refractivity contribution < 1.29 is 22.3 Å². The second-order valence-corrected chi connectivity index (χ2v) is 3.69. The Labute approximate surface area is 87.6 Å². The van der Waals surface area contributed by atoms with E-state index < -0.39 is 10.4 Å². The fourth-order valence-electron chi connectivity index (χ4n) is 0.945. The van der Waals surface area contributed by atoms with Crippen LogP contribution in [0.3, 0.4) is 0 Å². The Morgan fingerprint density at radius 1 is 1.27 bits per heavy atom. The van der Waals surface area contributed by atoms with Gasteiger partial charge in [-0.2, -0.15) is 8.42 Å². The molecule has 0 aliphatic heterocycles. The summed E-state index contributed by atoms with van der Waals surface area (Å²) in [6, 6.07) is 5.97. The molecule has 0 bridgehead atoms. The Balaban J connectivity index is 2.77. The van der Waals surface area contributed by atoms with Crippen LogP contribution in [-0.2, 0) is 10.4 Å². The molecule has 2 N–H and O–H groups in total. The zero-order valence-electron chi connectivity index (χ0n) is 7.70. The summed E-state index contributed by atoms with van der Waals surface area (Å²) in [6.45, 7) is -0.0662. The normalized spacial score (nSPS) is 11.9. The zero-order chi connectivity index (χ0) is 11.3. The number of hydrogen-bond acceptors (Lipinski definition) is 4. The molecule has 0 amide bonds. The summed E-state index contributed by atoms with van der Waals surface area (Å²) in [7, 11) is -4.46. The van der Waals surface area contributed by atoms with E-state index in [0.717, 1.165) is 5.56 Å². The van der Waals surface area contributed by atoms with Gasteiger partial charge in [-0.3, -0.25) is 4.55 Å². The summed E-state index contributed by atoms with van der Waals surface area (Å²) in [4.78, 5) is 0. The Morgan fingerprint density at radius 2 is 1.87 bits per heavy atom. The van der Waals surface area contributed by atoms with Crippen LogP contribution >= 0.6 is 0 Å². The first kappa shape index (κ1) is 11.7. The Hall–Kier alpha value is -1.37. The monoisotopic (exact) mass is 230 g/mol. The van der Waals surface area contributed by atoms with Gasteiger partial charge in [-0.15, -0.1) is 0 Å². The number of rotatable bonds is 4. The summed E-state index contributed by atoms with van der Waals surface area (Å²) in [6.07, 6.45) is 3.20. The molecule has 0 radical (unpaired) electrons. The maximum Gasteiger partial charge on any atom is 0.446 e. The molecule has 0 fully saturated rings. The molecule has 0 aromatic heterocycles. The molecular formula is C9H10O5S. The van der Waals surface area contributed by atoms with Gasteiger partial charge in [0.15, 0.2) is 0 Å². The summed E-state index contributed by atoms with van der Waals surface area (Å²) >= 11 is 0. The zero-order valence-corrected chi connectivity index (χ0v) is 8.52. The highest BCUT2D eigenvalue weighted by atomic mass is 32.3. The predicted octanol–water partition coefficient (Wildman–Crippen LogP) is 0.874. The van der Waals surface area contributed by atoms with E-state index in [-0.39, 0.29) is 12.4 Å². The lowest BCUT2D eigenvalue weighted by Gasteiger charge is -2.00. The highest BCUT2D eigenvalue weighted by molar-refractivity contribution is 7.81. The van der Waals surface area contributed by atoms with Crippen LogP contribution < -0.4 is 4.18 Å². The van der Waals surface area contributed by atoms with E-state index in [2.05, 4.69) is 4.18 Å². The van der Waals surface area contributed by atoms with Crippen LogP contribution in [0, 0.1) is 0 Å². The smallest absolute Gasteiger partial charge is 0.392 e. The first-order valence-electron chi connectivity index (χ1n) is 4.05. The van der Waals surface area contributed by atoms with E-state index in [9.17, 15) is 8.42 Å². The van der Waals surface area contributed by atoms with Crippen LogP contribution in [0.4, 0.5) is 0 Å². The Kier molecular flexibility index (Phi) is 3.84. The number of aliphatic hydroxyl groups is 1. The minimum Gasteiger partial charge on any atom is -0.392 e. The van der Waals surface area contributed by atoms with Crippen molar-refractivity contribution in [3.63, 3.8) is 0 Å². The minimum absolute atomic E-state index is 0.0265. The fraction of sp³-hybridized carbons (Fsp3) is 0.111. The molecule has 0 saturated heterocycles. The predicted molar refractivity (Wildman–Crippen MR) is 54.7 cm³/mol. The summed E-state index contributed by atoms with van der Waals surface area (Å²) in [5, 5.41) is 8.51. The Morgan fingerprint density at radius 3 is 2.33 bits per heavy atom. The van der Waals surface area contributed by atoms with E-state index in [1.165, 1.54) is 12.1 Å². The van der Waals surface area contributed by atoms with Gasteiger partial charge in [0.2, 0.25) is 0 Å². The van der Waals surface area contributed by atoms with Gasteiger partial charge in [-0.1, -0.05) is 24.3 Å². The maximum atomic E-state index is 10.3. The third-order valence-electron chi connectivity index (χ3n) is 1.50. The summed E-state index contributed by atoms with van der Waals surface area (Å²) in [5.41, 5.74) is 0.784. The SMILES string of the molecule is O=S(=O)(O)Oc1ccc(/C=C/CO)cc1. The third kappa shape index (κ3) is 4.59. The van der Waals surface area contributed by atoms with Crippen molar-refractivity contribution in [2.45, 2.75) is 0 Å². The molecule has 0 unspecified atom stereocenters. The molecule has 6 heteroatoms. The summed E-state index contributed by atoms with van der Waals surface area (Å²) in [5.74, 6) is 0.0265. The lowest BCUT2D eigenvalue weighted by atomic mass is 10.2. The molecule has 1 rings (SSSR count). The molecule has 0 spiro atoms. The van der Waals surface area contributed by atoms with Gasteiger partial charge in [-0.25, -0.2) is 0 Å². The third-order valence-corrected chi connectivity index (χ3v) is 1.90. The molecule has 1 aromatic carbocycles. The topological polar surface area (TPSA) is 83.8 Å². The lowest BCUT2D eigenvalue weighted by Crippen LogP contribution is -2.06. The van der Waals surface area contributed by atoms with E-state index in [0.29, 0.717) is 0 Å². The number of hydrogen-bond donors (Lipinski definition) is 2. The average molecular weight is 230 g/mol. The standard InChI is InChI=1S/C9H10O5S/c10-7-1-2-8-3-5-9(6-4-8)14-15(11,12)13/h1-6,10H,7H2,(H,11,12,13)/b2-1+. The molecule has 0 heterocycles. The van der Waals surface area contributed by atoms with Crippen LogP contribution in [0.15, 0.2) is 30.3 Å². The first-order valence-corrected chi connectivity index (χ1v) is 5.42. The molecule has 5 nitrogen and oxygen atoms in total. The largest absolute Gasteiger partial charge is 0.446 e. The van der Waals surface area contributed by atoms with Gasteiger partial charge in [0.25, 0.3) is 0 Å². The molecule has 0 saturated carbocycles. The highest BCUT2D eigenvalue weighted by Gasteiger charge is 2.05. The second-order valence-electron chi connectivity index (χ2n) is 2.67. The molecule has 15 heavy (non-hydrogen) atoms. The highest BCUT2D eigenvalue weighted by Crippen LogP contribution is 2.14. The van der Waals surface area contributed by atoms with Crippen LogP contribution in [0.25, 0.3) is 6.08 Å². The van der Waals surface area contributed by atoms with E-state index in [4.69, 9.17) is 9.66 Å². The van der Waals surface area contributed by atoms with E-state index in [1.807, 2.05) is 0 Å². The molecule has 82 valence electrons. The van der Waals surface area contributed by atoms with Crippen molar-refractivity contribution in [1.29, 1.82) is 0 Å². The average Bonchev–Trinajstić information content (AvgIpc) is 2.14. The van der Waals surface area contributed by atoms with Crippen LogP contribution in [0.1, 0.15) is 5.56 Å². The minimum atomic E-state index is -4.46. The molecule has 1 aromatic rings. The van der Waals surface area contributed by atoms with E-state index in [1.54, 1.807) is 24.3 Å². The van der Waals surface area contributed by atoms with Crippen LogP contribution in [0.2, 0.25) is 0 Å². The van der Waals surface area contributed by atoms with Crippen LogP contribution in [-0.4, -0.2) is 24.7 Å². The van der Waals surface area contributed by atoms with Crippen molar-refractivity contribution >= 4 is 16.5 Å². The fourth-order valence-corrected chi connectivity index (χ4v) is 1.30. The van der Waals surface area contributed by atoms with Crippen molar-refractivity contribution in [3.8, 4) is 5.75 Å². The lowest BCUT2D eigenvalue weighted by molar-refractivity contribution is 0.343. The van der Waals surface area contributed by atoms with E-state index >= 15 is 0 Å². The van der Waals surface area contributed by atoms with Gasteiger partial charge in [0, 0.05) is 0 Å². The quantitative estimate of drug-likeness (QED) is 0.750. The Bertz CT molecular complexity index is 432. The van der Waals surface area contributed by atoms with Gasteiger partial charge < -0.3 is 9.29 Å².